The Morgan fingerprint density at radius 2 is 1.54 bits per heavy atom. The van der Waals surface area contributed by atoms with Gasteiger partial charge < -0.3 is 15.2 Å². The molecule has 1 atom stereocenters. The number of rotatable bonds is 0. The van der Waals surface area contributed by atoms with Crippen LogP contribution in [-0.2, 0) is 10.3 Å². The van der Waals surface area contributed by atoms with Gasteiger partial charge in [-0.1, -0.05) is 60.7 Å². The number of benzene rings is 4. The monoisotopic (exact) mass is 365 g/mol. The van der Waals surface area contributed by atoms with Crippen molar-refractivity contribution in [2.24, 2.45) is 0 Å². The van der Waals surface area contributed by atoms with Crippen LogP contribution in [0, 0.1) is 0 Å². The Bertz CT molecular complexity index is 1310. The molecule has 1 spiro atoms. The van der Waals surface area contributed by atoms with Crippen LogP contribution in [0.2, 0.25) is 0 Å². The summed E-state index contributed by atoms with van der Waals surface area (Å²) < 4.78 is 12.3. The predicted molar refractivity (Wildman–Crippen MR) is 107 cm³/mol. The van der Waals surface area contributed by atoms with Crippen molar-refractivity contribution < 1.29 is 14.3 Å². The molecule has 0 saturated heterocycles. The normalized spacial score (nSPS) is 18.9. The minimum Gasteiger partial charge on any atom is -0.456 e. The van der Waals surface area contributed by atoms with Crippen LogP contribution in [0.5, 0.6) is 11.5 Å². The van der Waals surface area contributed by atoms with E-state index in [4.69, 9.17) is 15.2 Å². The van der Waals surface area contributed by atoms with E-state index < -0.39 is 5.60 Å². The molecule has 4 heteroatoms. The molecule has 2 N–H and O–H groups in total. The average molecular weight is 365 g/mol. The summed E-state index contributed by atoms with van der Waals surface area (Å²) in [5.74, 6) is 0.916. The Morgan fingerprint density at radius 1 is 0.750 bits per heavy atom. The molecule has 0 saturated carbocycles. The number of carbonyl (C=O) groups excluding carboxylic acids is 1. The van der Waals surface area contributed by atoms with Crippen LogP contribution in [0.4, 0.5) is 5.69 Å². The smallest absolute Gasteiger partial charge is 0.340 e. The molecule has 0 amide bonds. The molecule has 0 aromatic heterocycles. The van der Waals surface area contributed by atoms with Gasteiger partial charge in [-0.15, -0.1) is 0 Å². The maximum absolute atomic E-state index is 13.2. The Kier molecular flexibility index (Phi) is 2.80. The zero-order chi connectivity index (χ0) is 18.9. The van der Waals surface area contributed by atoms with E-state index in [0.29, 0.717) is 28.3 Å². The zero-order valence-corrected chi connectivity index (χ0v) is 14.8. The maximum Gasteiger partial charge on any atom is 0.340 e. The van der Waals surface area contributed by atoms with Crippen molar-refractivity contribution in [2.75, 3.05) is 5.73 Å². The van der Waals surface area contributed by atoms with Gasteiger partial charge in [0.25, 0.3) is 0 Å². The molecule has 0 bridgehead atoms. The van der Waals surface area contributed by atoms with Crippen molar-refractivity contribution in [1.29, 1.82) is 0 Å². The first kappa shape index (κ1) is 15.3. The second-order valence-corrected chi connectivity index (χ2v) is 7.10. The third kappa shape index (κ3) is 1.72. The van der Waals surface area contributed by atoms with E-state index in [1.54, 1.807) is 0 Å². The number of hydrogen-bond donors (Lipinski definition) is 1. The summed E-state index contributed by atoms with van der Waals surface area (Å²) in [4.78, 5) is 13.2. The van der Waals surface area contributed by atoms with Crippen molar-refractivity contribution in [3.63, 3.8) is 0 Å². The Labute approximate surface area is 161 Å². The fourth-order valence-corrected chi connectivity index (χ4v) is 4.53. The molecule has 28 heavy (non-hydrogen) atoms. The number of anilines is 1. The van der Waals surface area contributed by atoms with E-state index in [0.717, 1.165) is 21.9 Å². The molecule has 134 valence electrons. The van der Waals surface area contributed by atoms with Gasteiger partial charge in [0.05, 0.1) is 11.1 Å². The lowest BCUT2D eigenvalue weighted by Gasteiger charge is -2.37. The predicted octanol–water partition coefficient (Wildman–Crippen LogP) is 4.99. The van der Waals surface area contributed by atoms with Gasteiger partial charge in [0.15, 0.2) is 5.60 Å². The Balaban J connectivity index is 1.80. The summed E-state index contributed by atoms with van der Waals surface area (Å²) in [6, 6.07) is 25.0. The highest BCUT2D eigenvalue weighted by Gasteiger charge is 2.54. The molecule has 2 aliphatic rings. The first-order valence-electron chi connectivity index (χ1n) is 9.12. The standard InChI is InChI=1S/C24H15NO3/c25-18-9-5-11-20-22(18)24(16-8-3-4-10-19(16)27-20)17-13-12-14-6-1-2-7-15(14)21(17)23(26)28-24/h1-13H,25H2. The van der Waals surface area contributed by atoms with Crippen LogP contribution >= 0.6 is 0 Å². The molecule has 0 aliphatic carbocycles. The average Bonchev–Trinajstić information content (AvgIpc) is 3.01. The largest absolute Gasteiger partial charge is 0.456 e. The number of nitrogen functional groups attached to an aromatic ring is 1. The van der Waals surface area contributed by atoms with Gasteiger partial charge in [0, 0.05) is 16.8 Å². The van der Waals surface area contributed by atoms with Crippen LogP contribution < -0.4 is 10.5 Å². The van der Waals surface area contributed by atoms with Gasteiger partial charge in [0.1, 0.15) is 11.5 Å². The molecule has 6 rings (SSSR count). The Hall–Kier alpha value is -3.79. The van der Waals surface area contributed by atoms with Crippen molar-refractivity contribution in [2.45, 2.75) is 5.60 Å². The van der Waals surface area contributed by atoms with Crippen molar-refractivity contribution in [3.8, 4) is 11.5 Å². The molecule has 2 heterocycles. The fraction of sp³-hybridized carbons (Fsp3) is 0.0417. The van der Waals surface area contributed by atoms with Gasteiger partial charge >= 0.3 is 5.97 Å². The first-order valence-corrected chi connectivity index (χ1v) is 9.12. The van der Waals surface area contributed by atoms with Gasteiger partial charge in [-0.05, 0) is 29.0 Å². The topological polar surface area (TPSA) is 61.5 Å². The van der Waals surface area contributed by atoms with Crippen LogP contribution in [0.15, 0.2) is 78.9 Å². The van der Waals surface area contributed by atoms with Crippen LogP contribution in [-0.4, -0.2) is 5.97 Å². The van der Waals surface area contributed by atoms with Crippen LogP contribution in [0.25, 0.3) is 10.8 Å². The Morgan fingerprint density at radius 3 is 2.46 bits per heavy atom. The van der Waals surface area contributed by atoms with E-state index in [-0.39, 0.29) is 5.97 Å². The summed E-state index contributed by atoms with van der Waals surface area (Å²) in [7, 11) is 0. The molecule has 4 nitrogen and oxygen atoms in total. The highest BCUT2D eigenvalue weighted by Crippen LogP contribution is 2.58. The minimum atomic E-state index is -1.12. The van der Waals surface area contributed by atoms with Crippen LogP contribution in [0.1, 0.15) is 27.0 Å². The zero-order valence-electron chi connectivity index (χ0n) is 14.8. The van der Waals surface area contributed by atoms with Crippen molar-refractivity contribution in [3.05, 3.63) is 101 Å². The number of nitrogens with two attached hydrogens (primary N) is 1. The lowest BCUT2D eigenvalue weighted by molar-refractivity contribution is 0.0228. The fourth-order valence-electron chi connectivity index (χ4n) is 4.53. The second-order valence-electron chi connectivity index (χ2n) is 7.10. The summed E-state index contributed by atoms with van der Waals surface area (Å²) in [5.41, 5.74) is 8.65. The molecule has 2 aliphatic heterocycles. The number of hydrogen-bond acceptors (Lipinski definition) is 4. The lowest BCUT2D eigenvalue weighted by atomic mass is 9.76. The lowest BCUT2D eigenvalue weighted by Crippen LogP contribution is -2.33. The molecule has 0 fully saturated rings. The van der Waals surface area contributed by atoms with E-state index in [1.807, 2.05) is 78.9 Å². The van der Waals surface area contributed by atoms with E-state index in [1.165, 1.54) is 0 Å². The van der Waals surface area contributed by atoms with Crippen molar-refractivity contribution in [1.82, 2.24) is 0 Å². The third-order valence-electron chi connectivity index (χ3n) is 5.66. The summed E-state index contributed by atoms with van der Waals surface area (Å²) >= 11 is 0. The molecule has 4 aromatic carbocycles. The number of ether oxygens (including phenoxy) is 2. The highest BCUT2D eigenvalue weighted by molar-refractivity contribution is 6.09. The SMILES string of the molecule is Nc1cccc2c1C1(OC(=O)c3c1ccc1ccccc31)c1ccccc1O2. The maximum atomic E-state index is 13.2. The minimum absolute atomic E-state index is 0.349. The summed E-state index contributed by atoms with van der Waals surface area (Å²) in [6.07, 6.45) is 0. The van der Waals surface area contributed by atoms with Crippen LogP contribution in [0.3, 0.4) is 0 Å². The molecule has 0 radical (unpaired) electrons. The third-order valence-corrected chi connectivity index (χ3v) is 5.66. The number of esters is 1. The second kappa shape index (κ2) is 5.14. The first-order chi connectivity index (χ1) is 13.7. The summed E-state index contributed by atoms with van der Waals surface area (Å²) in [5, 5.41) is 1.87. The van der Waals surface area contributed by atoms with Gasteiger partial charge in [-0.3, -0.25) is 0 Å². The van der Waals surface area contributed by atoms with Crippen molar-refractivity contribution >= 4 is 22.4 Å². The van der Waals surface area contributed by atoms with Gasteiger partial charge in [-0.25, -0.2) is 4.79 Å². The number of carbonyl (C=O) groups is 1. The number of fused-ring (bicyclic) bond motifs is 8. The quantitative estimate of drug-likeness (QED) is 0.352. The molecular formula is C24H15NO3. The van der Waals surface area contributed by atoms with Gasteiger partial charge in [0.2, 0.25) is 0 Å². The number of para-hydroxylation sites is 1. The van der Waals surface area contributed by atoms with E-state index in [2.05, 4.69) is 0 Å². The van der Waals surface area contributed by atoms with E-state index >= 15 is 0 Å². The van der Waals surface area contributed by atoms with E-state index in [9.17, 15) is 4.79 Å². The molecule has 1 unspecified atom stereocenters. The van der Waals surface area contributed by atoms with Gasteiger partial charge in [-0.2, -0.15) is 0 Å². The summed E-state index contributed by atoms with van der Waals surface area (Å²) in [6.45, 7) is 0. The molecule has 4 aromatic rings. The molecular weight excluding hydrogens is 350 g/mol. The highest BCUT2D eigenvalue weighted by atomic mass is 16.6.